The first-order valence-corrected chi connectivity index (χ1v) is 8.08. The van der Waals surface area contributed by atoms with Crippen LogP contribution in [0.5, 0.6) is 0 Å². The van der Waals surface area contributed by atoms with Crippen LogP contribution in [0.3, 0.4) is 0 Å². The molecule has 0 aromatic rings. The van der Waals surface area contributed by atoms with Crippen molar-refractivity contribution in [1.82, 2.24) is 4.90 Å². The van der Waals surface area contributed by atoms with E-state index in [1.54, 1.807) is 0 Å². The van der Waals surface area contributed by atoms with Gasteiger partial charge >= 0.3 is 5.97 Å². The first-order valence-electron chi connectivity index (χ1n) is 8.08. The van der Waals surface area contributed by atoms with E-state index in [-0.39, 0.29) is 12.0 Å². The Hall–Kier alpha value is -0.570. The van der Waals surface area contributed by atoms with Crippen molar-refractivity contribution in [2.75, 3.05) is 7.05 Å². The van der Waals surface area contributed by atoms with Gasteiger partial charge in [-0.25, -0.2) is 0 Å². The van der Waals surface area contributed by atoms with Gasteiger partial charge < -0.3 is 5.11 Å². The minimum atomic E-state index is -0.581. The molecule has 19 heavy (non-hydrogen) atoms. The van der Waals surface area contributed by atoms with Crippen LogP contribution in [0.15, 0.2) is 0 Å². The van der Waals surface area contributed by atoms with Crippen molar-refractivity contribution in [3.63, 3.8) is 0 Å². The average Bonchev–Trinajstić information content (AvgIpc) is 2.46. The third kappa shape index (κ3) is 3.50. The van der Waals surface area contributed by atoms with E-state index in [1.807, 2.05) is 0 Å². The molecule has 3 nitrogen and oxygen atoms in total. The fourth-order valence-electron chi connectivity index (χ4n) is 4.10. The molecule has 2 rings (SSSR count). The number of carboxylic acids is 1. The Morgan fingerprint density at radius 1 is 1.16 bits per heavy atom. The third-order valence-electron chi connectivity index (χ3n) is 5.49. The lowest BCUT2D eigenvalue weighted by atomic mass is 9.75. The maximum atomic E-state index is 11.5. The topological polar surface area (TPSA) is 40.5 Å². The van der Waals surface area contributed by atoms with E-state index in [2.05, 4.69) is 18.9 Å². The highest BCUT2D eigenvalue weighted by molar-refractivity contribution is 5.71. The zero-order valence-corrected chi connectivity index (χ0v) is 12.5. The van der Waals surface area contributed by atoms with E-state index in [0.717, 1.165) is 25.2 Å². The van der Waals surface area contributed by atoms with Crippen LogP contribution in [0.2, 0.25) is 0 Å². The molecular weight excluding hydrogens is 238 g/mol. The van der Waals surface area contributed by atoms with Gasteiger partial charge in [0.25, 0.3) is 0 Å². The molecule has 0 aromatic heterocycles. The number of rotatable bonds is 4. The molecular formula is C16H29NO2. The molecule has 2 fully saturated rings. The summed E-state index contributed by atoms with van der Waals surface area (Å²) in [6.45, 7) is 2.24. The predicted molar refractivity (Wildman–Crippen MR) is 77.2 cm³/mol. The Kier molecular flexibility index (Phi) is 5.26. The van der Waals surface area contributed by atoms with Crippen LogP contribution in [0.1, 0.15) is 64.7 Å². The average molecular weight is 267 g/mol. The molecule has 0 bridgehead atoms. The Morgan fingerprint density at radius 3 is 2.42 bits per heavy atom. The van der Waals surface area contributed by atoms with Gasteiger partial charge in [0, 0.05) is 12.1 Å². The van der Waals surface area contributed by atoms with E-state index in [1.165, 1.54) is 38.5 Å². The third-order valence-corrected chi connectivity index (χ3v) is 5.49. The molecule has 0 heterocycles. The van der Waals surface area contributed by atoms with Crippen LogP contribution in [0.4, 0.5) is 0 Å². The second kappa shape index (κ2) is 6.74. The molecule has 110 valence electrons. The summed E-state index contributed by atoms with van der Waals surface area (Å²) in [6, 6.07) is 0.885. The summed E-state index contributed by atoms with van der Waals surface area (Å²) >= 11 is 0. The Bertz CT molecular complexity index is 299. The number of carboxylic acid groups (broad SMARTS) is 1. The highest BCUT2D eigenvalue weighted by atomic mass is 16.4. The minimum absolute atomic E-state index is 0.144. The molecule has 3 unspecified atom stereocenters. The lowest BCUT2D eigenvalue weighted by Crippen LogP contribution is -2.50. The quantitative estimate of drug-likeness (QED) is 0.847. The normalized spacial score (nSPS) is 33.5. The van der Waals surface area contributed by atoms with Crippen molar-refractivity contribution in [1.29, 1.82) is 0 Å². The molecule has 0 aromatic carbocycles. The van der Waals surface area contributed by atoms with E-state index in [0.29, 0.717) is 6.04 Å². The van der Waals surface area contributed by atoms with Crippen molar-refractivity contribution in [3.8, 4) is 0 Å². The van der Waals surface area contributed by atoms with Gasteiger partial charge in [-0.1, -0.05) is 32.6 Å². The van der Waals surface area contributed by atoms with Gasteiger partial charge in [-0.3, -0.25) is 9.69 Å². The van der Waals surface area contributed by atoms with E-state index < -0.39 is 5.97 Å². The number of aliphatic carboxylic acids is 1. The maximum Gasteiger partial charge on any atom is 0.308 e. The monoisotopic (exact) mass is 267 g/mol. The van der Waals surface area contributed by atoms with E-state index in [4.69, 9.17) is 0 Å². The summed E-state index contributed by atoms with van der Waals surface area (Å²) in [4.78, 5) is 14.0. The van der Waals surface area contributed by atoms with Gasteiger partial charge in [0.1, 0.15) is 0 Å². The number of hydrogen-bond donors (Lipinski definition) is 1. The van der Waals surface area contributed by atoms with Gasteiger partial charge in [0.2, 0.25) is 0 Å². The fraction of sp³-hybridized carbons (Fsp3) is 0.938. The Morgan fingerprint density at radius 2 is 1.84 bits per heavy atom. The van der Waals surface area contributed by atoms with Crippen LogP contribution >= 0.6 is 0 Å². The molecule has 0 aliphatic heterocycles. The van der Waals surface area contributed by atoms with Crippen molar-refractivity contribution in [3.05, 3.63) is 0 Å². The van der Waals surface area contributed by atoms with Gasteiger partial charge in [-0.2, -0.15) is 0 Å². The van der Waals surface area contributed by atoms with Crippen molar-refractivity contribution in [2.45, 2.75) is 76.8 Å². The molecule has 1 N–H and O–H groups in total. The molecule has 3 atom stereocenters. The molecule has 2 aliphatic rings. The fourth-order valence-corrected chi connectivity index (χ4v) is 4.10. The molecule has 2 aliphatic carbocycles. The number of nitrogens with zero attached hydrogens (tertiary/aromatic N) is 1. The van der Waals surface area contributed by atoms with E-state index >= 15 is 0 Å². The number of hydrogen-bond acceptors (Lipinski definition) is 2. The molecule has 2 saturated carbocycles. The molecule has 0 amide bonds. The summed E-state index contributed by atoms with van der Waals surface area (Å²) < 4.78 is 0. The summed E-state index contributed by atoms with van der Waals surface area (Å²) in [6.07, 6.45) is 10.8. The summed E-state index contributed by atoms with van der Waals surface area (Å²) in [5, 5.41) is 9.49. The van der Waals surface area contributed by atoms with Crippen LogP contribution in [-0.2, 0) is 4.79 Å². The SMILES string of the molecule is CCC1CCC(C(=O)O)C(N(C)C2CCCCC2)C1. The lowest BCUT2D eigenvalue weighted by molar-refractivity contribution is -0.146. The standard InChI is InChI=1S/C16H29NO2/c1-3-12-9-10-14(16(18)19)15(11-12)17(2)13-7-5-4-6-8-13/h12-15H,3-11H2,1-2H3,(H,18,19). The van der Waals surface area contributed by atoms with Crippen LogP contribution in [0.25, 0.3) is 0 Å². The predicted octanol–water partition coefficient (Wildman–Crippen LogP) is 3.53. The van der Waals surface area contributed by atoms with Crippen molar-refractivity contribution in [2.24, 2.45) is 11.8 Å². The first kappa shape index (κ1) is 14.8. The van der Waals surface area contributed by atoms with Gasteiger partial charge in [-0.05, 0) is 45.1 Å². The van der Waals surface area contributed by atoms with Gasteiger partial charge in [0.15, 0.2) is 0 Å². The second-order valence-corrected chi connectivity index (χ2v) is 6.56. The van der Waals surface area contributed by atoms with Gasteiger partial charge in [0.05, 0.1) is 5.92 Å². The summed E-state index contributed by atoms with van der Waals surface area (Å²) in [7, 11) is 2.18. The van der Waals surface area contributed by atoms with Gasteiger partial charge in [-0.15, -0.1) is 0 Å². The summed E-state index contributed by atoms with van der Waals surface area (Å²) in [5.74, 6) is 0.00331. The van der Waals surface area contributed by atoms with Crippen LogP contribution < -0.4 is 0 Å². The molecule has 3 heteroatoms. The van der Waals surface area contributed by atoms with Crippen LogP contribution in [-0.4, -0.2) is 35.1 Å². The van der Waals surface area contributed by atoms with Crippen molar-refractivity contribution < 1.29 is 9.90 Å². The minimum Gasteiger partial charge on any atom is -0.481 e. The zero-order valence-electron chi connectivity index (χ0n) is 12.5. The Balaban J connectivity index is 2.04. The first-order chi connectivity index (χ1) is 9.13. The van der Waals surface area contributed by atoms with Crippen LogP contribution in [0, 0.1) is 11.8 Å². The molecule has 0 saturated heterocycles. The lowest BCUT2D eigenvalue weighted by Gasteiger charge is -2.43. The number of carbonyl (C=O) groups is 1. The van der Waals surface area contributed by atoms with Crippen molar-refractivity contribution >= 4 is 5.97 Å². The second-order valence-electron chi connectivity index (χ2n) is 6.56. The summed E-state index contributed by atoms with van der Waals surface area (Å²) in [5.41, 5.74) is 0. The highest BCUT2D eigenvalue weighted by Gasteiger charge is 2.38. The Labute approximate surface area is 117 Å². The van der Waals surface area contributed by atoms with E-state index in [9.17, 15) is 9.90 Å². The highest BCUT2D eigenvalue weighted by Crippen LogP contribution is 2.36. The molecule has 0 spiro atoms. The largest absolute Gasteiger partial charge is 0.481 e. The molecule has 0 radical (unpaired) electrons. The maximum absolute atomic E-state index is 11.5. The zero-order chi connectivity index (χ0) is 13.8. The smallest absolute Gasteiger partial charge is 0.308 e.